The molecule has 0 aliphatic heterocycles. The molecule has 0 saturated heterocycles. The van der Waals surface area contributed by atoms with Gasteiger partial charge in [0.2, 0.25) is 5.89 Å². The lowest BCUT2D eigenvalue weighted by Crippen LogP contribution is -1.88. The van der Waals surface area contributed by atoms with Crippen LogP contribution in [-0.2, 0) is 6.61 Å². The van der Waals surface area contributed by atoms with Gasteiger partial charge in [-0.3, -0.25) is 0 Å². The van der Waals surface area contributed by atoms with Gasteiger partial charge in [0.1, 0.15) is 5.52 Å². The smallest absolute Gasteiger partial charge is 0.227 e. The molecule has 1 aromatic heterocycles. The highest BCUT2D eigenvalue weighted by atomic mass is 32.2. The second-order valence-corrected chi connectivity index (χ2v) is 7.00. The molecular formula is C22H19NO2S. The molecule has 3 aromatic carbocycles. The highest BCUT2D eigenvalue weighted by molar-refractivity contribution is 7.98. The Bertz CT molecular complexity index is 1030. The predicted octanol–water partition coefficient (Wildman–Crippen LogP) is 5.68. The summed E-state index contributed by atoms with van der Waals surface area (Å²) in [6.07, 6.45) is 1.99. The number of oxazole rings is 1. The lowest BCUT2D eigenvalue weighted by molar-refractivity contribution is 0.279. The molecule has 0 atom stereocenters. The maximum absolute atomic E-state index is 9.57. The maximum atomic E-state index is 9.57. The number of aromatic nitrogens is 1. The zero-order valence-corrected chi connectivity index (χ0v) is 15.5. The number of benzene rings is 3. The molecule has 0 radical (unpaired) electrons. The van der Waals surface area contributed by atoms with Crippen LogP contribution in [0.4, 0.5) is 0 Å². The minimum Gasteiger partial charge on any atom is -0.436 e. The molecule has 1 heterocycles. The molecule has 4 aromatic rings. The highest BCUT2D eigenvalue weighted by Gasteiger charge is 2.15. The number of rotatable bonds is 4. The van der Waals surface area contributed by atoms with Crippen LogP contribution in [0.25, 0.3) is 33.7 Å². The van der Waals surface area contributed by atoms with E-state index in [-0.39, 0.29) is 6.61 Å². The van der Waals surface area contributed by atoms with Crippen molar-refractivity contribution in [3.63, 3.8) is 0 Å². The number of fused-ring (bicyclic) bond motifs is 1. The van der Waals surface area contributed by atoms with Crippen LogP contribution in [0.5, 0.6) is 0 Å². The van der Waals surface area contributed by atoms with E-state index in [2.05, 4.69) is 30.1 Å². The molecule has 4 rings (SSSR count). The Morgan fingerprint density at radius 1 is 1.00 bits per heavy atom. The maximum Gasteiger partial charge on any atom is 0.227 e. The van der Waals surface area contributed by atoms with Crippen LogP contribution >= 0.6 is 11.8 Å². The third-order valence-electron chi connectivity index (χ3n) is 4.61. The van der Waals surface area contributed by atoms with E-state index >= 15 is 0 Å². The van der Waals surface area contributed by atoms with Gasteiger partial charge in [-0.25, -0.2) is 4.98 Å². The third-order valence-corrected chi connectivity index (χ3v) is 5.43. The summed E-state index contributed by atoms with van der Waals surface area (Å²) in [5, 5.41) is 9.57. The van der Waals surface area contributed by atoms with Gasteiger partial charge < -0.3 is 9.52 Å². The van der Waals surface area contributed by atoms with Gasteiger partial charge in [-0.1, -0.05) is 42.5 Å². The van der Waals surface area contributed by atoms with Crippen LogP contribution in [0, 0.1) is 6.92 Å². The molecule has 0 aliphatic rings. The molecule has 26 heavy (non-hydrogen) atoms. The predicted molar refractivity (Wildman–Crippen MR) is 107 cm³/mol. The van der Waals surface area contributed by atoms with Gasteiger partial charge in [0.25, 0.3) is 0 Å². The van der Waals surface area contributed by atoms with Crippen molar-refractivity contribution >= 4 is 22.9 Å². The minimum atomic E-state index is -0.00315. The van der Waals surface area contributed by atoms with Gasteiger partial charge in [-0.05, 0) is 53.6 Å². The lowest BCUT2D eigenvalue weighted by Gasteiger charge is -2.09. The standard InChI is InChI=1S/C22H19NO2S/c1-14-17(15-7-4-3-5-8-15)9-6-10-18(14)22-23-19-11-16(13-24)21(26-2)12-20(19)25-22/h3-12,24H,13H2,1-2H3. The molecule has 4 heteroatoms. The zero-order chi connectivity index (χ0) is 18.1. The van der Waals surface area contributed by atoms with Gasteiger partial charge in [0.15, 0.2) is 5.58 Å². The summed E-state index contributed by atoms with van der Waals surface area (Å²) in [5.41, 5.74) is 6.86. The number of hydrogen-bond acceptors (Lipinski definition) is 4. The fraction of sp³-hybridized carbons (Fsp3) is 0.136. The van der Waals surface area contributed by atoms with Crippen molar-refractivity contribution in [2.45, 2.75) is 18.4 Å². The lowest BCUT2D eigenvalue weighted by atomic mass is 9.96. The average Bonchev–Trinajstić information content (AvgIpc) is 3.10. The quantitative estimate of drug-likeness (QED) is 0.475. The summed E-state index contributed by atoms with van der Waals surface area (Å²) in [6.45, 7) is 2.09. The van der Waals surface area contributed by atoms with E-state index in [4.69, 9.17) is 4.42 Å². The van der Waals surface area contributed by atoms with Crippen LogP contribution in [0.2, 0.25) is 0 Å². The fourth-order valence-electron chi connectivity index (χ4n) is 3.23. The molecule has 130 valence electrons. The Kier molecular flexibility index (Phi) is 4.53. The molecule has 3 nitrogen and oxygen atoms in total. The van der Waals surface area contributed by atoms with E-state index in [1.807, 2.05) is 48.7 Å². The highest BCUT2D eigenvalue weighted by Crippen LogP contribution is 2.34. The van der Waals surface area contributed by atoms with Crippen molar-refractivity contribution in [1.82, 2.24) is 4.98 Å². The summed E-state index contributed by atoms with van der Waals surface area (Å²) in [7, 11) is 0. The van der Waals surface area contributed by atoms with Crippen LogP contribution in [0.1, 0.15) is 11.1 Å². The number of nitrogens with zero attached hydrogens (tertiary/aromatic N) is 1. The Balaban J connectivity index is 1.85. The Labute approximate surface area is 156 Å². The van der Waals surface area contributed by atoms with Crippen molar-refractivity contribution < 1.29 is 9.52 Å². The molecule has 0 saturated carbocycles. The first kappa shape index (κ1) is 16.9. The summed E-state index contributed by atoms with van der Waals surface area (Å²) in [6, 6.07) is 20.4. The Hall–Kier alpha value is -2.56. The first-order valence-electron chi connectivity index (χ1n) is 8.45. The van der Waals surface area contributed by atoms with Crippen LogP contribution < -0.4 is 0 Å². The largest absolute Gasteiger partial charge is 0.436 e. The van der Waals surface area contributed by atoms with Gasteiger partial charge in [-0.15, -0.1) is 11.8 Å². The Morgan fingerprint density at radius 2 is 1.77 bits per heavy atom. The molecule has 0 spiro atoms. The monoisotopic (exact) mass is 361 g/mol. The minimum absolute atomic E-state index is 0.00315. The first-order valence-corrected chi connectivity index (χ1v) is 9.67. The molecule has 0 unspecified atom stereocenters. The van der Waals surface area contributed by atoms with E-state index in [1.165, 1.54) is 11.1 Å². The third kappa shape index (κ3) is 2.91. The van der Waals surface area contributed by atoms with E-state index in [0.717, 1.165) is 32.7 Å². The second-order valence-electron chi connectivity index (χ2n) is 6.15. The summed E-state index contributed by atoms with van der Waals surface area (Å²) in [4.78, 5) is 5.69. The van der Waals surface area contributed by atoms with Crippen molar-refractivity contribution in [3.05, 3.63) is 71.8 Å². The summed E-state index contributed by atoms with van der Waals surface area (Å²) < 4.78 is 6.06. The molecule has 0 bridgehead atoms. The van der Waals surface area contributed by atoms with Crippen molar-refractivity contribution in [2.24, 2.45) is 0 Å². The van der Waals surface area contributed by atoms with Gasteiger partial charge >= 0.3 is 0 Å². The normalized spacial score (nSPS) is 11.2. The number of aliphatic hydroxyl groups excluding tert-OH is 1. The number of aliphatic hydroxyl groups is 1. The second kappa shape index (κ2) is 6.98. The fourth-order valence-corrected chi connectivity index (χ4v) is 3.84. The zero-order valence-electron chi connectivity index (χ0n) is 14.7. The van der Waals surface area contributed by atoms with Crippen molar-refractivity contribution in [3.8, 4) is 22.6 Å². The topological polar surface area (TPSA) is 46.3 Å². The van der Waals surface area contributed by atoms with E-state index < -0.39 is 0 Å². The van der Waals surface area contributed by atoms with Crippen molar-refractivity contribution in [1.29, 1.82) is 0 Å². The molecule has 0 amide bonds. The SMILES string of the molecule is CSc1cc2oc(-c3cccc(-c4ccccc4)c3C)nc2cc1CO. The van der Waals surface area contributed by atoms with Crippen molar-refractivity contribution in [2.75, 3.05) is 6.26 Å². The van der Waals surface area contributed by atoms with Crippen LogP contribution in [0.15, 0.2) is 70.0 Å². The van der Waals surface area contributed by atoms with Gasteiger partial charge in [-0.2, -0.15) is 0 Å². The first-order chi connectivity index (χ1) is 12.7. The van der Waals surface area contributed by atoms with E-state index in [9.17, 15) is 5.11 Å². The summed E-state index contributed by atoms with van der Waals surface area (Å²) >= 11 is 1.60. The average molecular weight is 361 g/mol. The van der Waals surface area contributed by atoms with E-state index in [1.54, 1.807) is 11.8 Å². The molecule has 0 aliphatic carbocycles. The van der Waals surface area contributed by atoms with Gasteiger partial charge in [0, 0.05) is 10.5 Å². The van der Waals surface area contributed by atoms with Crippen LogP contribution in [0.3, 0.4) is 0 Å². The molecule has 0 fully saturated rings. The molecule has 1 N–H and O–H groups in total. The Morgan fingerprint density at radius 3 is 2.50 bits per heavy atom. The van der Waals surface area contributed by atoms with Gasteiger partial charge in [0.05, 0.1) is 6.61 Å². The molecular weight excluding hydrogens is 342 g/mol. The number of thioether (sulfide) groups is 1. The number of hydrogen-bond donors (Lipinski definition) is 1. The summed E-state index contributed by atoms with van der Waals surface area (Å²) in [5.74, 6) is 0.609. The van der Waals surface area contributed by atoms with E-state index in [0.29, 0.717) is 5.89 Å². The van der Waals surface area contributed by atoms with Crippen LogP contribution in [-0.4, -0.2) is 16.3 Å².